The second-order valence-corrected chi connectivity index (χ2v) is 10.9. The number of nitrogens with two attached hydrogens (primary N) is 1. The first-order valence-corrected chi connectivity index (χ1v) is 14.1. The van der Waals surface area contributed by atoms with E-state index in [1.807, 2.05) is 5.32 Å². The Bertz CT molecular complexity index is 1900. The fraction of sp³-hybridized carbons (Fsp3) is 0.333. The zero-order chi connectivity index (χ0) is 35.1. The molecule has 4 aromatic rings. The van der Waals surface area contributed by atoms with Gasteiger partial charge in [-0.25, -0.2) is 26.9 Å². The third-order valence-corrected chi connectivity index (χ3v) is 7.45. The normalized spacial score (nSPS) is 14.6. The van der Waals surface area contributed by atoms with Crippen molar-refractivity contribution in [2.45, 2.75) is 43.5 Å². The largest absolute Gasteiger partial charge is 0.494 e. The number of methoxy groups -OCH3 is 1. The van der Waals surface area contributed by atoms with Crippen LogP contribution in [0.4, 0.5) is 35.1 Å². The minimum Gasteiger partial charge on any atom is -0.494 e. The van der Waals surface area contributed by atoms with Gasteiger partial charge in [0.25, 0.3) is 12.3 Å². The van der Waals surface area contributed by atoms with Gasteiger partial charge >= 0.3 is 6.18 Å². The van der Waals surface area contributed by atoms with Crippen molar-refractivity contribution >= 4 is 22.7 Å². The van der Waals surface area contributed by atoms with Gasteiger partial charge in [0.1, 0.15) is 29.3 Å². The van der Waals surface area contributed by atoms with Crippen molar-refractivity contribution in [3.05, 3.63) is 70.8 Å². The molecule has 4 N–H and O–H groups in total. The number of benzene rings is 2. The molecule has 0 aliphatic heterocycles. The fourth-order valence-electron chi connectivity index (χ4n) is 4.90. The molecular weight excluding hydrogens is 662 g/mol. The molecule has 2 amide bonds. The fourth-order valence-corrected chi connectivity index (χ4v) is 4.90. The van der Waals surface area contributed by atoms with Gasteiger partial charge in [-0.2, -0.15) is 18.3 Å². The van der Waals surface area contributed by atoms with Crippen LogP contribution in [0.5, 0.6) is 11.5 Å². The molecule has 1 aliphatic rings. The lowest BCUT2D eigenvalue weighted by Gasteiger charge is -2.31. The molecule has 1 saturated carbocycles. The summed E-state index contributed by atoms with van der Waals surface area (Å²) in [6.07, 6.45) is -6.45. The molecule has 2 heterocycles. The lowest BCUT2D eigenvalue weighted by molar-refractivity contribution is -0.265. The monoisotopic (exact) mass is 687 g/mol. The standard InChI is InChI=1S/C30H25F8N5O5/c1-47-19-7-14(6-15-10-43(16-2-3-16)42-25(15)19)28(45)40-12-29(46,30(36,37)38)20-8-13(9-22(39)44)27(48-11-21(32)33)26(41-20)17-4-5-18(31)24(35)23(17)34/h4-8,10,16,21,46H,2-3,9,11-12H2,1H3,(H2,39,44)(H,40,45)/t29-/m0/s1. The number of aromatic nitrogens is 3. The molecule has 5 rings (SSSR count). The molecule has 18 heteroatoms. The van der Waals surface area contributed by atoms with E-state index in [0.29, 0.717) is 29.1 Å². The quantitative estimate of drug-likeness (QED) is 0.145. The van der Waals surface area contributed by atoms with Gasteiger partial charge in [0.05, 0.1) is 31.8 Å². The predicted molar refractivity (Wildman–Crippen MR) is 151 cm³/mol. The van der Waals surface area contributed by atoms with E-state index in [2.05, 4.69) is 10.1 Å². The first kappa shape index (κ1) is 34.3. The molecule has 1 fully saturated rings. The van der Waals surface area contributed by atoms with Crippen LogP contribution in [0.1, 0.15) is 40.5 Å². The maximum atomic E-state index is 14.9. The zero-order valence-corrected chi connectivity index (χ0v) is 24.7. The number of hydrogen-bond acceptors (Lipinski definition) is 7. The summed E-state index contributed by atoms with van der Waals surface area (Å²) in [4.78, 5) is 28.6. The third-order valence-electron chi connectivity index (χ3n) is 7.45. The van der Waals surface area contributed by atoms with Crippen LogP contribution in [-0.2, 0) is 16.8 Å². The van der Waals surface area contributed by atoms with E-state index in [0.717, 1.165) is 12.8 Å². The lowest BCUT2D eigenvalue weighted by Crippen LogP contribution is -2.51. The van der Waals surface area contributed by atoms with Crippen molar-refractivity contribution in [1.82, 2.24) is 20.1 Å². The number of primary amides is 1. The summed E-state index contributed by atoms with van der Waals surface area (Å²) in [5.41, 5.74) is -2.94. The van der Waals surface area contributed by atoms with Crippen LogP contribution >= 0.6 is 0 Å². The summed E-state index contributed by atoms with van der Waals surface area (Å²) in [6.45, 7) is -3.07. The number of pyridine rings is 1. The topological polar surface area (TPSA) is 142 Å². The molecule has 2 aromatic heterocycles. The summed E-state index contributed by atoms with van der Waals surface area (Å²) in [5, 5.41) is 17.9. The Labute approximate surface area is 265 Å². The molecule has 0 spiro atoms. The van der Waals surface area contributed by atoms with E-state index in [1.54, 1.807) is 10.9 Å². The van der Waals surface area contributed by atoms with Crippen molar-refractivity contribution < 1.29 is 59.3 Å². The highest BCUT2D eigenvalue weighted by Crippen LogP contribution is 2.43. The summed E-state index contributed by atoms with van der Waals surface area (Å²) < 4.78 is 125. The number of alkyl halides is 5. The number of carbonyl (C=O) groups is 2. The summed E-state index contributed by atoms with van der Waals surface area (Å²) in [6, 6.07) is 4.07. The van der Waals surface area contributed by atoms with Gasteiger partial charge in [-0.05, 0) is 43.2 Å². The average Bonchev–Trinajstić information content (AvgIpc) is 3.78. The second kappa shape index (κ2) is 12.9. The van der Waals surface area contributed by atoms with Crippen molar-refractivity contribution in [2.75, 3.05) is 20.3 Å². The number of hydrogen-bond donors (Lipinski definition) is 3. The van der Waals surface area contributed by atoms with E-state index >= 15 is 0 Å². The van der Waals surface area contributed by atoms with Gasteiger partial charge in [-0.15, -0.1) is 0 Å². The number of ether oxygens (including phenoxy) is 2. The molecule has 48 heavy (non-hydrogen) atoms. The number of aliphatic hydroxyl groups is 1. The van der Waals surface area contributed by atoms with Gasteiger partial charge in [0.2, 0.25) is 11.5 Å². The van der Waals surface area contributed by atoms with Crippen molar-refractivity contribution in [1.29, 1.82) is 0 Å². The molecular formula is C30H25F8N5O5. The molecule has 0 unspecified atom stereocenters. The minimum absolute atomic E-state index is 0.137. The Balaban J connectivity index is 1.59. The second-order valence-electron chi connectivity index (χ2n) is 10.9. The average molecular weight is 688 g/mol. The Kier molecular flexibility index (Phi) is 9.22. The number of nitrogens with one attached hydrogen (secondary N) is 1. The van der Waals surface area contributed by atoms with Crippen molar-refractivity contribution in [2.24, 2.45) is 5.73 Å². The number of fused-ring (bicyclic) bond motifs is 1. The van der Waals surface area contributed by atoms with Gasteiger partial charge in [-0.3, -0.25) is 14.3 Å². The van der Waals surface area contributed by atoms with Gasteiger partial charge in [0.15, 0.2) is 17.5 Å². The van der Waals surface area contributed by atoms with Crippen molar-refractivity contribution in [3.8, 4) is 22.8 Å². The predicted octanol–water partition coefficient (Wildman–Crippen LogP) is 4.71. The van der Waals surface area contributed by atoms with E-state index in [9.17, 15) is 49.8 Å². The van der Waals surface area contributed by atoms with Crippen LogP contribution in [0, 0.1) is 17.5 Å². The molecule has 10 nitrogen and oxygen atoms in total. The summed E-state index contributed by atoms with van der Waals surface area (Å²) in [7, 11) is 1.30. The lowest BCUT2D eigenvalue weighted by atomic mass is 9.93. The Morgan fingerprint density at radius 2 is 1.83 bits per heavy atom. The van der Waals surface area contributed by atoms with Crippen LogP contribution in [0.15, 0.2) is 36.5 Å². The van der Waals surface area contributed by atoms with Crippen LogP contribution in [0.2, 0.25) is 0 Å². The van der Waals surface area contributed by atoms with Gasteiger partial charge in [0, 0.05) is 28.3 Å². The minimum atomic E-state index is -5.65. The Morgan fingerprint density at radius 3 is 2.44 bits per heavy atom. The number of rotatable bonds is 12. The molecule has 256 valence electrons. The van der Waals surface area contributed by atoms with E-state index in [1.165, 1.54) is 19.2 Å². The van der Waals surface area contributed by atoms with Crippen LogP contribution in [0.25, 0.3) is 22.2 Å². The Hall–Kier alpha value is -5.00. The highest BCUT2D eigenvalue weighted by Gasteiger charge is 2.57. The van der Waals surface area contributed by atoms with Gasteiger partial charge in [-0.1, -0.05) is 0 Å². The number of halogens is 8. The maximum absolute atomic E-state index is 14.9. The summed E-state index contributed by atoms with van der Waals surface area (Å²) >= 11 is 0. The Morgan fingerprint density at radius 1 is 1.12 bits per heavy atom. The maximum Gasteiger partial charge on any atom is 0.424 e. The van der Waals surface area contributed by atoms with Crippen LogP contribution < -0.4 is 20.5 Å². The van der Waals surface area contributed by atoms with Crippen LogP contribution in [-0.4, -0.2) is 64.5 Å². The van der Waals surface area contributed by atoms with E-state index < -0.39 is 95.3 Å². The highest BCUT2D eigenvalue weighted by atomic mass is 19.4. The number of amides is 2. The van der Waals surface area contributed by atoms with Gasteiger partial charge < -0.3 is 25.6 Å². The first-order valence-electron chi connectivity index (χ1n) is 14.1. The molecule has 0 bridgehead atoms. The van der Waals surface area contributed by atoms with Crippen molar-refractivity contribution in [3.63, 3.8) is 0 Å². The first-order chi connectivity index (χ1) is 22.5. The number of carbonyl (C=O) groups excluding carboxylic acids is 2. The molecule has 2 aromatic carbocycles. The smallest absolute Gasteiger partial charge is 0.424 e. The molecule has 0 radical (unpaired) electrons. The SMILES string of the molecule is COc1cc(C(=O)NC[C@](O)(c2cc(CC(N)=O)c(OCC(F)F)c(-c3ccc(F)c(F)c3F)n2)C(F)(F)F)cc2cn(C3CC3)nc12. The number of nitrogens with zero attached hydrogens (tertiary/aromatic N) is 3. The van der Waals surface area contributed by atoms with Crippen LogP contribution in [0.3, 0.4) is 0 Å². The zero-order valence-electron chi connectivity index (χ0n) is 24.7. The highest BCUT2D eigenvalue weighted by molar-refractivity contribution is 6.00. The summed E-state index contributed by atoms with van der Waals surface area (Å²) in [5.74, 6) is -8.91. The third kappa shape index (κ3) is 6.69. The molecule has 0 saturated heterocycles. The molecule has 1 atom stereocenters. The molecule has 1 aliphatic carbocycles. The van der Waals surface area contributed by atoms with E-state index in [-0.39, 0.29) is 17.4 Å². The van der Waals surface area contributed by atoms with E-state index in [4.69, 9.17) is 15.2 Å².